The van der Waals surface area contributed by atoms with Crippen molar-refractivity contribution in [2.45, 2.75) is 10.8 Å². The molecule has 0 atom stereocenters. The highest BCUT2D eigenvalue weighted by Gasteiger charge is 2.53. The van der Waals surface area contributed by atoms with Crippen molar-refractivity contribution in [1.29, 1.82) is 0 Å². The van der Waals surface area contributed by atoms with Gasteiger partial charge in [-0.05, 0) is 214 Å². The van der Waals surface area contributed by atoms with E-state index in [0.717, 1.165) is 89.4 Å². The summed E-state index contributed by atoms with van der Waals surface area (Å²) in [5.74, 6) is 1.23. The van der Waals surface area contributed by atoms with Crippen LogP contribution in [0.4, 0.5) is 0 Å². The molecular formula is C86H50N4O2. The molecular weight excluding hydrogens is 1120 g/mol. The molecule has 4 heterocycles. The molecule has 0 N–H and O–H groups in total. The molecule has 0 saturated carbocycles. The highest BCUT2D eigenvalue weighted by Crippen LogP contribution is 2.66. The van der Waals surface area contributed by atoms with E-state index in [-0.39, 0.29) is 0 Å². The number of benzene rings is 12. The standard InChI is InChI=1S/C86H50N4O2/c1-5-19-68-60(15-1)61-16-2-6-20-69(61)85(68)72-47-55(51-28-32-53(33-29-51)83-89-78-24-9-11-26-80(78)91-83)36-40-64(72)66-42-38-57(49-74(66)85)59-44-45-77(76-23-13-14-46-87-76)88-82(59)58-39-43-67-65-41-37-56(52-30-34-54(35-31-52)84-90-79-25-10-12-27-81(79)92-84)48-73(65)86(75(67)50-58)70-21-7-3-17-62(70)63-18-4-8-22-71(63)86/h1-50H. The summed E-state index contributed by atoms with van der Waals surface area (Å²) < 4.78 is 12.4. The fourth-order valence-corrected chi connectivity index (χ4v) is 16.1. The van der Waals surface area contributed by atoms with Crippen LogP contribution in [-0.4, -0.2) is 19.9 Å². The van der Waals surface area contributed by atoms with E-state index in [1.54, 1.807) is 0 Å². The van der Waals surface area contributed by atoms with Crippen LogP contribution in [0.3, 0.4) is 0 Å². The number of pyridine rings is 2. The van der Waals surface area contributed by atoms with Crippen LogP contribution in [0, 0.1) is 0 Å². The van der Waals surface area contributed by atoms with Gasteiger partial charge in [-0.3, -0.25) is 4.98 Å². The molecule has 6 nitrogen and oxygen atoms in total. The zero-order chi connectivity index (χ0) is 60.2. The summed E-state index contributed by atoms with van der Waals surface area (Å²) in [4.78, 5) is 20.3. The van der Waals surface area contributed by atoms with E-state index in [1.165, 1.54) is 89.0 Å². The quantitative estimate of drug-likeness (QED) is 0.158. The molecule has 0 bridgehead atoms. The third-order valence-electron chi connectivity index (χ3n) is 20.1. The lowest BCUT2D eigenvalue weighted by molar-refractivity contribution is 0.619. The van der Waals surface area contributed by atoms with Crippen molar-refractivity contribution in [3.05, 3.63) is 348 Å². The summed E-state index contributed by atoms with van der Waals surface area (Å²) >= 11 is 0. The van der Waals surface area contributed by atoms with Crippen molar-refractivity contribution in [2.75, 3.05) is 0 Å². The molecule has 6 heteroatoms. The van der Waals surface area contributed by atoms with Crippen molar-refractivity contribution >= 4 is 22.2 Å². The Labute approximate surface area is 530 Å². The van der Waals surface area contributed by atoms with Crippen LogP contribution in [0.1, 0.15) is 44.5 Å². The number of aromatic nitrogens is 4. The van der Waals surface area contributed by atoms with Crippen LogP contribution in [0.15, 0.2) is 312 Å². The number of rotatable bonds is 7. The molecule has 0 aliphatic heterocycles. The first kappa shape index (κ1) is 50.8. The van der Waals surface area contributed by atoms with E-state index in [0.29, 0.717) is 11.8 Å². The maximum Gasteiger partial charge on any atom is 0.227 e. The molecule has 0 unspecified atom stereocenters. The first-order valence-corrected chi connectivity index (χ1v) is 31.4. The second-order valence-corrected chi connectivity index (χ2v) is 24.7. The lowest BCUT2D eigenvalue weighted by Gasteiger charge is -2.31. The van der Waals surface area contributed by atoms with Crippen molar-refractivity contribution in [3.63, 3.8) is 0 Å². The van der Waals surface area contributed by atoms with E-state index >= 15 is 0 Å². The Hall–Kier alpha value is -12.1. The fraction of sp³-hybridized carbons (Fsp3) is 0.0233. The average Bonchev–Trinajstić information content (AvgIpc) is 1.52. The van der Waals surface area contributed by atoms with Gasteiger partial charge in [0.25, 0.3) is 0 Å². The maximum atomic E-state index is 6.21. The Bertz CT molecular complexity index is 5620. The normalized spacial score (nSPS) is 13.6. The molecule has 0 radical (unpaired) electrons. The van der Waals surface area contributed by atoms with Gasteiger partial charge in [0, 0.05) is 28.5 Å². The van der Waals surface area contributed by atoms with Crippen LogP contribution in [0.5, 0.6) is 0 Å². The second kappa shape index (κ2) is 19.2. The number of para-hydroxylation sites is 4. The number of hydrogen-bond donors (Lipinski definition) is 0. The van der Waals surface area contributed by atoms with Gasteiger partial charge in [-0.1, -0.05) is 200 Å². The Morgan fingerprint density at radius 3 is 1.02 bits per heavy atom. The van der Waals surface area contributed by atoms with Gasteiger partial charge in [0.1, 0.15) is 11.0 Å². The van der Waals surface area contributed by atoms with Gasteiger partial charge in [-0.2, -0.15) is 0 Å². The highest BCUT2D eigenvalue weighted by atomic mass is 16.4. The molecule has 4 aliphatic rings. The van der Waals surface area contributed by atoms with Gasteiger partial charge in [-0.15, -0.1) is 0 Å². The van der Waals surface area contributed by atoms with Gasteiger partial charge in [0.2, 0.25) is 11.8 Å². The third kappa shape index (κ3) is 7.09. The van der Waals surface area contributed by atoms with Crippen LogP contribution in [0.2, 0.25) is 0 Å². The van der Waals surface area contributed by atoms with Gasteiger partial charge < -0.3 is 8.83 Å². The van der Waals surface area contributed by atoms with Crippen molar-refractivity contribution < 1.29 is 8.83 Å². The molecule has 2 spiro atoms. The fourth-order valence-electron chi connectivity index (χ4n) is 16.1. The second-order valence-electron chi connectivity index (χ2n) is 24.7. The summed E-state index contributed by atoms with van der Waals surface area (Å²) in [6.07, 6.45) is 1.85. The largest absolute Gasteiger partial charge is 0.436 e. The van der Waals surface area contributed by atoms with Crippen molar-refractivity contribution in [3.8, 4) is 123 Å². The van der Waals surface area contributed by atoms with Crippen LogP contribution in [-0.2, 0) is 10.8 Å². The van der Waals surface area contributed by atoms with Crippen molar-refractivity contribution in [1.82, 2.24) is 19.9 Å². The van der Waals surface area contributed by atoms with E-state index < -0.39 is 10.8 Å². The molecule has 12 aromatic carbocycles. The molecule has 4 aliphatic carbocycles. The van der Waals surface area contributed by atoms with E-state index in [9.17, 15) is 0 Å². The van der Waals surface area contributed by atoms with Gasteiger partial charge >= 0.3 is 0 Å². The molecule has 426 valence electrons. The highest BCUT2D eigenvalue weighted by molar-refractivity contribution is 6.00. The SMILES string of the molecule is c1ccc(-c2ccc(-c3ccc4c(c3)C3(c5ccccc5-c5ccccc53)c3cc(-c5ccc(-c6nc7ccccc7o6)cc5)ccc3-4)c(-c3ccc4c(c3)C3(c5ccccc5-c5ccccc53)c3cc(-c5ccc(-c6nc7ccccc7o6)cc5)ccc3-4)n2)nc1. The summed E-state index contributed by atoms with van der Waals surface area (Å²) in [6.45, 7) is 0. The summed E-state index contributed by atoms with van der Waals surface area (Å²) in [6, 6.07) is 108. The average molecular weight is 1170 g/mol. The summed E-state index contributed by atoms with van der Waals surface area (Å²) in [5.41, 5.74) is 34.1. The number of oxazole rings is 2. The van der Waals surface area contributed by atoms with Gasteiger partial charge in [0.15, 0.2) is 11.2 Å². The van der Waals surface area contributed by atoms with Crippen LogP contribution in [0.25, 0.3) is 146 Å². The predicted octanol–water partition coefficient (Wildman–Crippen LogP) is 21.1. The summed E-state index contributed by atoms with van der Waals surface area (Å²) in [5, 5.41) is 0. The minimum absolute atomic E-state index is 0.613. The van der Waals surface area contributed by atoms with E-state index in [2.05, 4.69) is 237 Å². The Morgan fingerprint density at radius 1 is 0.228 bits per heavy atom. The van der Waals surface area contributed by atoms with Gasteiger partial charge in [0.05, 0.1) is 27.9 Å². The van der Waals surface area contributed by atoms with Crippen LogP contribution < -0.4 is 0 Å². The monoisotopic (exact) mass is 1170 g/mol. The minimum Gasteiger partial charge on any atom is -0.436 e. The Morgan fingerprint density at radius 2 is 0.576 bits per heavy atom. The summed E-state index contributed by atoms with van der Waals surface area (Å²) in [7, 11) is 0. The first-order chi connectivity index (χ1) is 45.6. The molecule has 0 saturated heterocycles. The first-order valence-electron chi connectivity index (χ1n) is 31.4. The molecule has 4 aromatic heterocycles. The van der Waals surface area contributed by atoms with Crippen LogP contribution >= 0.6 is 0 Å². The smallest absolute Gasteiger partial charge is 0.227 e. The molecule has 0 amide bonds. The Kier molecular flexibility index (Phi) is 10.6. The molecule has 16 aromatic rings. The van der Waals surface area contributed by atoms with E-state index in [4.69, 9.17) is 28.8 Å². The molecule has 20 rings (SSSR count). The zero-order valence-electron chi connectivity index (χ0n) is 49.5. The zero-order valence-corrected chi connectivity index (χ0v) is 49.5. The van der Waals surface area contributed by atoms with Gasteiger partial charge in [-0.25, -0.2) is 15.0 Å². The van der Waals surface area contributed by atoms with Crippen molar-refractivity contribution in [2.24, 2.45) is 0 Å². The number of nitrogens with zero attached hydrogens (tertiary/aromatic N) is 4. The number of hydrogen-bond acceptors (Lipinski definition) is 6. The maximum absolute atomic E-state index is 6.21. The lowest BCUT2D eigenvalue weighted by atomic mass is 9.69. The molecule has 0 fully saturated rings. The number of fused-ring (bicyclic) bond motifs is 22. The molecule has 92 heavy (non-hydrogen) atoms. The van der Waals surface area contributed by atoms with E-state index in [1.807, 2.05) is 66.9 Å². The lowest BCUT2D eigenvalue weighted by Crippen LogP contribution is -2.26. The topological polar surface area (TPSA) is 77.8 Å². The predicted molar refractivity (Wildman–Crippen MR) is 368 cm³/mol. The third-order valence-corrected chi connectivity index (χ3v) is 20.1. The minimum atomic E-state index is -0.637. The Balaban J connectivity index is 0.758.